The van der Waals surface area contributed by atoms with E-state index in [2.05, 4.69) is 22.2 Å². The highest BCUT2D eigenvalue weighted by atomic mass is 35.5. The Balaban J connectivity index is 1.78. The number of rotatable bonds is 6. The molecule has 6 nitrogen and oxygen atoms in total. The van der Waals surface area contributed by atoms with Crippen molar-refractivity contribution < 1.29 is 9.59 Å². The van der Waals surface area contributed by atoms with Crippen LogP contribution in [0.3, 0.4) is 0 Å². The molecule has 1 aromatic carbocycles. The largest absolute Gasteiger partial charge is 0.347 e. The number of hydrogen-bond donors (Lipinski definition) is 2. The first-order valence-corrected chi connectivity index (χ1v) is 8.99. The molecule has 0 bridgehead atoms. The highest BCUT2D eigenvalue weighted by Gasteiger charge is 2.27. The molecular formula is C19H21ClN4O2. The van der Waals surface area contributed by atoms with Gasteiger partial charge in [0.15, 0.2) is 5.82 Å². The van der Waals surface area contributed by atoms with Crippen molar-refractivity contribution in [1.82, 2.24) is 20.2 Å². The van der Waals surface area contributed by atoms with E-state index in [-0.39, 0.29) is 17.6 Å². The molecule has 2 heterocycles. The molecule has 1 aliphatic heterocycles. The predicted molar refractivity (Wildman–Crippen MR) is 100 cm³/mol. The molecule has 1 aliphatic rings. The molecule has 1 aromatic heterocycles. The average molecular weight is 373 g/mol. The van der Waals surface area contributed by atoms with Crippen molar-refractivity contribution in [2.75, 3.05) is 6.54 Å². The zero-order chi connectivity index (χ0) is 18.5. The summed E-state index contributed by atoms with van der Waals surface area (Å²) in [4.78, 5) is 29.3. The second-order valence-electron chi connectivity index (χ2n) is 6.15. The number of benzene rings is 1. The van der Waals surface area contributed by atoms with Gasteiger partial charge in [0, 0.05) is 24.7 Å². The van der Waals surface area contributed by atoms with Gasteiger partial charge in [-0.2, -0.15) is 0 Å². The standard InChI is InChI=1S/C19H21ClN4O2/c1-2-10-21-18(25)16-15-5-3-4-11-24(15)17(23-16)19(26)22-12-13-6-8-14(20)9-7-13/h2,6-9H,1,3-5,10-12H2,(H,21,25)(H,22,26). The van der Waals surface area contributed by atoms with Gasteiger partial charge in [0.1, 0.15) is 5.69 Å². The Hall–Kier alpha value is -2.60. The van der Waals surface area contributed by atoms with Gasteiger partial charge < -0.3 is 15.2 Å². The van der Waals surface area contributed by atoms with Gasteiger partial charge in [0.2, 0.25) is 0 Å². The number of amides is 2. The lowest BCUT2D eigenvalue weighted by Gasteiger charge is -2.17. The van der Waals surface area contributed by atoms with E-state index in [0.29, 0.717) is 30.4 Å². The number of nitrogens with one attached hydrogen (secondary N) is 2. The molecule has 7 heteroatoms. The third kappa shape index (κ3) is 3.96. The lowest BCUT2D eigenvalue weighted by Crippen LogP contribution is -2.27. The molecule has 0 spiro atoms. The van der Waals surface area contributed by atoms with Crippen LogP contribution in [-0.2, 0) is 19.5 Å². The van der Waals surface area contributed by atoms with E-state index in [1.54, 1.807) is 18.2 Å². The van der Waals surface area contributed by atoms with Gasteiger partial charge in [-0.25, -0.2) is 4.98 Å². The summed E-state index contributed by atoms with van der Waals surface area (Å²) in [7, 11) is 0. The molecular weight excluding hydrogens is 352 g/mol. The van der Waals surface area contributed by atoms with Gasteiger partial charge in [0.05, 0.1) is 5.69 Å². The quantitative estimate of drug-likeness (QED) is 0.765. The summed E-state index contributed by atoms with van der Waals surface area (Å²) in [5.41, 5.74) is 2.11. The number of aromatic nitrogens is 2. The van der Waals surface area contributed by atoms with E-state index < -0.39 is 0 Å². The van der Waals surface area contributed by atoms with Gasteiger partial charge in [-0.1, -0.05) is 29.8 Å². The number of imidazole rings is 1. The number of fused-ring (bicyclic) bond motifs is 1. The summed E-state index contributed by atoms with van der Waals surface area (Å²) in [5.74, 6) is -0.268. The van der Waals surface area contributed by atoms with E-state index >= 15 is 0 Å². The smallest absolute Gasteiger partial charge is 0.287 e. The molecule has 26 heavy (non-hydrogen) atoms. The van der Waals surface area contributed by atoms with Crippen molar-refractivity contribution in [2.24, 2.45) is 0 Å². The van der Waals surface area contributed by atoms with Gasteiger partial charge in [0.25, 0.3) is 11.8 Å². The van der Waals surface area contributed by atoms with Crippen LogP contribution in [0.1, 0.15) is 45.2 Å². The predicted octanol–water partition coefficient (Wildman–Crippen LogP) is 2.72. The van der Waals surface area contributed by atoms with Crippen LogP contribution in [0, 0.1) is 0 Å². The van der Waals surface area contributed by atoms with Crippen LogP contribution in [-0.4, -0.2) is 27.9 Å². The topological polar surface area (TPSA) is 76.0 Å². The Morgan fingerprint density at radius 2 is 1.96 bits per heavy atom. The maximum absolute atomic E-state index is 12.6. The lowest BCUT2D eigenvalue weighted by molar-refractivity contribution is 0.0935. The van der Waals surface area contributed by atoms with Gasteiger partial charge in [-0.3, -0.25) is 9.59 Å². The first-order chi connectivity index (χ1) is 12.6. The van der Waals surface area contributed by atoms with Crippen molar-refractivity contribution in [3.05, 3.63) is 64.7 Å². The van der Waals surface area contributed by atoms with E-state index in [9.17, 15) is 9.59 Å². The zero-order valence-electron chi connectivity index (χ0n) is 14.4. The van der Waals surface area contributed by atoms with Crippen molar-refractivity contribution in [1.29, 1.82) is 0 Å². The van der Waals surface area contributed by atoms with Crippen molar-refractivity contribution in [3.8, 4) is 0 Å². The minimum Gasteiger partial charge on any atom is -0.347 e. The Bertz CT molecular complexity index is 827. The Kier molecular flexibility index (Phi) is 5.73. The second kappa shape index (κ2) is 8.19. The molecule has 2 N–H and O–H groups in total. The number of nitrogens with zero attached hydrogens (tertiary/aromatic N) is 2. The average Bonchev–Trinajstić information content (AvgIpc) is 3.05. The number of carbonyl (C=O) groups is 2. The molecule has 0 saturated carbocycles. The lowest BCUT2D eigenvalue weighted by atomic mass is 10.1. The van der Waals surface area contributed by atoms with Gasteiger partial charge in [-0.05, 0) is 37.0 Å². The third-order valence-electron chi connectivity index (χ3n) is 4.31. The summed E-state index contributed by atoms with van der Waals surface area (Å²) < 4.78 is 1.86. The first kappa shape index (κ1) is 18.2. The molecule has 0 saturated heterocycles. The molecule has 2 aromatic rings. The van der Waals surface area contributed by atoms with Crippen molar-refractivity contribution >= 4 is 23.4 Å². The third-order valence-corrected chi connectivity index (χ3v) is 4.56. The molecule has 136 valence electrons. The molecule has 0 atom stereocenters. The summed E-state index contributed by atoms with van der Waals surface area (Å²) in [5, 5.41) is 6.25. The maximum atomic E-state index is 12.6. The monoisotopic (exact) mass is 372 g/mol. The Morgan fingerprint density at radius 3 is 2.69 bits per heavy atom. The van der Waals surface area contributed by atoms with Crippen LogP contribution in [0.2, 0.25) is 5.02 Å². The van der Waals surface area contributed by atoms with Crippen LogP contribution in [0.5, 0.6) is 0 Å². The van der Waals surface area contributed by atoms with E-state index in [4.69, 9.17) is 11.6 Å². The van der Waals surface area contributed by atoms with E-state index in [1.165, 1.54) is 0 Å². The van der Waals surface area contributed by atoms with Gasteiger partial charge >= 0.3 is 0 Å². The Morgan fingerprint density at radius 1 is 1.19 bits per heavy atom. The van der Waals surface area contributed by atoms with E-state index in [0.717, 1.165) is 30.5 Å². The molecule has 0 radical (unpaired) electrons. The van der Waals surface area contributed by atoms with Crippen LogP contribution in [0.4, 0.5) is 0 Å². The molecule has 0 aliphatic carbocycles. The molecule has 2 amide bonds. The van der Waals surface area contributed by atoms with Crippen molar-refractivity contribution in [2.45, 2.75) is 32.4 Å². The highest BCUT2D eigenvalue weighted by molar-refractivity contribution is 6.30. The summed E-state index contributed by atoms with van der Waals surface area (Å²) in [6.07, 6.45) is 4.31. The molecule has 0 fully saturated rings. The van der Waals surface area contributed by atoms with Crippen LogP contribution >= 0.6 is 11.6 Å². The van der Waals surface area contributed by atoms with Crippen LogP contribution < -0.4 is 10.6 Å². The van der Waals surface area contributed by atoms with Crippen LogP contribution in [0.15, 0.2) is 36.9 Å². The molecule has 3 rings (SSSR count). The fraction of sp³-hybridized carbons (Fsp3) is 0.316. The van der Waals surface area contributed by atoms with E-state index in [1.807, 2.05) is 16.7 Å². The van der Waals surface area contributed by atoms with Gasteiger partial charge in [-0.15, -0.1) is 6.58 Å². The van der Waals surface area contributed by atoms with Crippen molar-refractivity contribution in [3.63, 3.8) is 0 Å². The first-order valence-electron chi connectivity index (χ1n) is 8.61. The number of halogens is 1. The normalized spacial score (nSPS) is 13.0. The van der Waals surface area contributed by atoms with Crippen LogP contribution in [0.25, 0.3) is 0 Å². The minimum atomic E-state index is -0.286. The minimum absolute atomic E-state index is 0.271. The number of carbonyl (C=O) groups excluding carboxylic acids is 2. The summed E-state index contributed by atoms with van der Waals surface area (Å²) in [6.45, 7) is 5.02. The maximum Gasteiger partial charge on any atom is 0.287 e. The highest BCUT2D eigenvalue weighted by Crippen LogP contribution is 2.21. The Labute approximate surface area is 157 Å². The zero-order valence-corrected chi connectivity index (χ0v) is 15.2. The SMILES string of the molecule is C=CCNC(=O)c1nc(C(=O)NCc2ccc(Cl)cc2)n2c1CCCC2. The summed E-state index contributed by atoms with van der Waals surface area (Å²) >= 11 is 5.87. The summed E-state index contributed by atoms with van der Waals surface area (Å²) in [6, 6.07) is 7.28. The molecule has 0 unspecified atom stereocenters. The number of hydrogen-bond acceptors (Lipinski definition) is 3. The fourth-order valence-electron chi connectivity index (χ4n) is 3.01. The second-order valence-corrected chi connectivity index (χ2v) is 6.58. The fourth-order valence-corrected chi connectivity index (χ4v) is 3.14.